The molecule has 2 aromatic rings. The van der Waals surface area contributed by atoms with Crippen LogP contribution in [0.5, 0.6) is 5.75 Å². The molecule has 1 atom stereocenters. The number of carbonyl (C=O) groups is 1. The average Bonchev–Trinajstić information content (AvgIpc) is 3.23. The lowest BCUT2D eigenvalue weighted by Crippen LogP contribution is -2.41. The maximum absolute atomic E-state index is 13.2. The second-order valence-corrected chi connectivity index (χ2v) is 10.5. The molecule has 1 aromatic carbocycles. The van der Waals surface area contributed by atoms with Crippen LogP contribution in [-0.4, -0.2) is 48.3 Å². The van der Waals surface area contributed by atoms with Crippen LogP contribution in [0, 0.1) is 12.7 Å². The van der Waals surface area contributed by atoms with Gasteiger partial charge >= 0.3 is 0 Å². The van der Waals surface area contributed by atoms with Crippen molar-refractivity contribution < 1.29 is 22.3 Å². The Hall–Kier alpha value is -2.00. The van der Waals surface area contributed by atoms with Crippen molar-refractivity contribution in [3.8, 4) is 5.75 Å². The molecule has 2 heterocycles. The zero-order valence-corrected chi connectivity index (χ0v) is 18.2. The van der Waals surface area contributed by atoms with Gasteiger partial charge in [-0.3, -0.25) is 4.79 Å². The summed E-state index contributed by atoms with van der Waals surface area (Å²) in [6.07, 6.45) is 2.22. The van der Waals surface area contributed by atoms with Gasteiger partial charge in [0.05, 0.1) is 17.2 Å². The van der Waals surface area contributed by atoms with E-state index in [1.54, 1.807) is 11.8 Å². The third-order valence-corrected chi connectivity index (χ3v) is 7.74. The number of rotatable bonds is 8. The molecule has 0 spiro atoms. The zero-order chi connectivity index (χ0) is 21.0. The fraction of sp³-hybridized carbons (Fsp3) is 0.500. The summed E-state index contributed by atoms with van der Waals surface area (Å²) in [5, 5.41) is 0.643. The first kappa shape index (κ1) is 21.7. The zero-order valence-electron chi connectivity index (χ0n) is 16.6. The summed E-state index contributed by atoms with van der Waals surface area (Å²) in [4.78, 5) is 19.9. The van der Waals surface area contributed by atoms with E-state index in [1.165, 1.54) is 35.6 Å². The van der Waals surface area contributed by atoms with E-state index in [4.69, 9.17) is 4.74 Å². The molecule has 9 heteroatoms. The molecule has 1 amide bonds. The maximum Gasteiger partial charge on any atom is 0.266 e. The van der Waals surface area contributed by atoms with Crippen LogP contribution in [-0.2, 0) is 16.4 Å². The average molecular weight is 441 g/mol. The summed E-state index contributed by atoms with van der Waals surface area (Å²) >= 11 is 1.26. The number of sulfone groups is 1. The number of thiazole rings is 1. The van der Waals surface area contributed by atoms with Crippen LogP contribution in [0.4, 0.5) is 4.39 Å². The van der Waals surface area contributed by atoms with Crippen LogP contribution in [0.3, 0.4) is 0 Å². The van der Waals surface area contributed by atoms with Gasteiger partial charge < -0.3 is 9.64 Å². The van der Waals surface area contributed by atoms with Crippen LogP contribution in [0.25, 0.3) is 0 Å². The molecule has 3 rings (SSSR count). The molecule has 0 aliphatic carbocycles. The van der Waals surface area contributed by atoms with Crippen LogP contribution < -0.4 is 4.74 Å². The lowest BCUT2D eigenvalue weighted by molar-refractivity contribution is 0.0698. The molecule has 0 saturated carbocycles. The predicted molar refractivity (Wildman–Crippen MR) is 111 cm³/mol. The summed E-state index contributed by atoms with van der Waals surface area (Å²) in [5.74, 6) is 0.181. The molecule has 1 aliphatic heterocycles. The van der Waals surface area contributed by atoms with Gasteiger partial charge in [0, 0.05) is 12.6 Å². The number of carbonyl (C=O) groups excluding carboxylic acids is 1. The van der Waals surface area contributed by atoms with Gasteiger partial charge in [0.1, 0.15) is 28.1 Å². The van der Waals surface area contributed by atoms with E-state index < -0.39 is 9.84 Å². The number of aryl methyl sites for hydroxylation is 1. The van der Waals surface area contributed by atoms with Crippen molar-refractivity contribution >= 4 is 27.1 Å². The monoisotopic (exact) mass is 440 g/mol. The Morgan fingerprint density at radius 2 is 2.07 bits per heavy atom. The third kappa shape index (κ3) is 5.54. The molecule has 6 nitrogen and oxygen atoms in total. The van der Waals surface area contributed by atoms with E-state index >= 15 is 0 Å². The number of benzene rings is 1. The molecule has 0 radical (unpaired) electrons. The molecule has 0 bridgehead atoms. The normalized spacial score (nSPS) is 18.0. The molecule has 1 aliphatic rings. The Balaban J connectivity index is 1.73. The van der Waals surface area contributed by atoms with Crippen LogP contribution in [0.2, 0.25) is 0 Å². The van der Waals surface area contributed by atoms with E-state index in [1.807, 2.05) is 6.92 Å². The van der Waals surface area contributed by atoms with Gasteiger partial charge in [0.15, 0.2) is 9.84 Å². The predicted octanol–water partition coefficient (Wildman–Crippen LogP) is 3.60. The topological polar surface area (TPSA) is 76.6 Å². The molecule has 0 N–H and O–H groups in total. The summed E-state index contributed by atoms with van der Waals surface area (Å²) < 4.78 is 42.4. The van der Waals surface area contributed by atoms with Gasteiger partial charge in [0.25, 0.3) is 5.91 Å². The Labute approximate surface area is 174 Å². The number of ether oxygens (including phenoxy) is 1. The van der Waals surface area contributed by atoms with Crippen LogP contribution >= 0.6 is 11.3 Å². The van der Waals surface area contributed by atoms with Gasteiger partial charge in [-0.05, 0) is 44.0 Å². The van der Waals surface area contributed by atoms with Gasteiger partial charge in [-0.25, -0.2) is 17.8 Å². The molecule has 1 saturated heterocycles. The Kier molecular flexibility index (Phi) is 6.89. The summed E-state index contributed by atoms with van der Waals surface area (Å²) in [7, 11) is -3.08. The van der Waals surface area contributed by atoms with Crippen LogP contribution in [0.1, 0.15) is 46.6 Å². The Morgan fingerprint density at radius 1 is 1.34 bits per heavy atom. The number of unbranched alkanes of at least 4 members (excludes halogenated alkanes) is 1. The number of hydrogen-bond acceptors (Lipinski definition) is 6. The standard InChI is InChI=1S/C20H25FN2O4S2/c1-3-4-10-23(16-9-11-29(25,26)13-16)20(24)19-14(2)22-18(28-19)12-27-17-7-5-15(21)6-8-17/h5-8,16H,3-4,9-13H2,1-2H3. The van der Waals surface area contributed by atoms with Gasteiger partial charge in [0.2, 0.25) is 0 Å². The minimum Gasteiger partial charge on any atom is -0.486 e. The lowest BCUT2D eigenvalue weighted by Gasteiger charge is -2.28. The largest absolute Gasteiger partial charge is 0.486 e. The van der Waals surface area contributed by atoms with Crippen molar-refractivity contribution in [1.82, 2.24) is 9.88 Å². The van der Waals surface area contributed by atoms with Gasteiger partial charge in [-0.15, -0.1) is 11.3 Å². The van der Waals surface area contributed by atoms with E-state index in [-0.39, 0.29) is 35.9 Å². The summed E-state index contributed by atoms with van der Waals surface area (Å²) in [6, 6.07) is 5.43. The fourth-order valence-corrected chi connectivity index (χ4v) is 5.98. The number of nitrogens with zero attached hydrogens (tertiary/aromatic N) is 2. The van der Waals surface area contributed by atoms with E-state index in [0.717, 1.165) is 12.8 Å². The third-order valence-electron chi connectivity index (χ3n) is 4.87. The first-order chi connectivity index (χ1) is 13.8. The highest BCUT2D eigenvalue weighted by Gasteiger charge is 2.35. The maximum atomic E-state index is 13.2. The van der Waals surface area contributed by atoms with Crippen molar-refractivity contribution in [2.75, 3.05) is 18.1 Å². The van der Waals surface area contributed by atoms with Crippen molar-refractivity contribution in [1.29, 1.82) is 0 Å². The second-order valence-electron chi connectivity index (χ2n) is 7.17. The quantitative estimate of drug-likeness (QED) is 0.627. The van der Waals surface area contributed by atoms with Gasteiger partial charge in [-0.2, -0.15) is 0 Å². The SMILES string of the molecule is CCCCN(C(=O)c1sc(COc2ccc(F)cc2)nc1C)C1CCS(=O)(=O)C1. The lowest BCUT2D eigenvalue weighted by atomic mass is 10.2. The first-order valence-corrected chi connectivity index (χ1v) is 12.3. The second kappa shape index (κ2) is 9.21. The summed E-state index contributed by atoms with van der Waals surface area (Å²) in [5.41, 5.74) is 0.611. The van der Waals surface area contributed by atoms with Gasteiger partial charge in [-0.1, -0.05) is 13.3 Å². The van der Waals surface area contributed by atoms with Crippen molar-refractivity contribution in [2.24, 2.45) is 0 Å². The number of hydrogen-bond donors (Lipinski definition) is 0. The highest BCUT2D eigenvalue weighted by molar-refractivity contribution is 7.91. The fourth-order valence-electron chi connectivity index (χ4n) is 3.32. The highest BCUT2D eigenvalue weighted by Crippen LogP contribution is 2.26. The van der Waals surface area contributed by atoms with Crippen molar-refractivity contribution in [3.63, 3.8) is 0 Å². The minimum absolute atomic E-state index is 0.0286. The number of amides is 1. The molecule has 158 valence electrons. The summed E-state index contributed by atoms with van der Waals surface area (Å²) in [6.45, 7) is 4.52. The molecule has 29 heavy (non-hydrogen) atoms. The molecule has 1 aromatic heterocycles. The van der Waals surface area contributed by atoms with E-state index in [2.05, 4.69) is 4.98 Å². The van der Waals surface area contributed by atoms with Crippen molar-refractivity contribution in [3.05, 3.63) is 45.7 Å². The number of aromatic nitrogens is 1. The van der Waals surface area contributed by atoms with Crippen LogP contribution in [0.15, 0.2) is 24.3 Å². The minimum atomic E-state index is -3.08. The number of halogens is 1. The first-order valence-electron chi connectivity index (χ1n) is 9.65. The smallest absolute Gasteiger partial charge is 0.266 e. The molecule has 1 unspecified atom stereocenters. The Bertz CT molecular complexity index is 957. The van der Waals surface area contributed by atoms with E-state index in [0.29, 0.717) is 34.3 Å². The molecule has 1 fully saturated rings. The molecular weight excluding hydrogens is 415 g/mol. The highest BCUT2D eigenvalue weighted by atomic mass is 32.2. The van der Waals surface area contributed by atoms with Crippen molar-refractivity contribution in [2.45, 2.75) is 45.8 Å². The molecular formula is C20H25FN2O4S2. The Morgan fingerprint density at radius 3 is 2.69 bits per heavy atom. The van der Waals surface area contributed by atoms with E-state index in [9.17, 15) is 17.6 Å².